The van der Waals surface area contributed by atoms with Gasteiger partial charge in [0, 0.05) is 12.0 Å². The molecule has 0 radical (unpaired) electrons. The Morgan fingerprint density at radius 3 is 2.62 bits per heavy atom. The topological polar surface area (TPSA) is 89.1 Å². The van der Waals surface area contributed by atoms with Crippen molar-refractivity contribution in [1.29, 1.82) is 0 Å². The van der Waals surface area contributed by atoms with E-state index in [1.807, 2.05) is 0 Å². The lowest BCUT2D eigenvalue weighted by Gasteiger charge is -2.10. The normalized spacial score (nSPS) is 12.0. The number of aromatic amines is 1. The van der Waals surface area contributed by atoms with E-state index in [2.05, 4.69) is 15.1 Å². The van der Waals surface area contributed by atoms with Gasteiger partial charge in [-0.25, -0.2) is 9.37 Å². The van der Waals surface area contributed by atoms with Crippen LogP contribution >= 0.6 is 0 Å². The predicted molar refractivity (Wildman–Crippen MR) is 77.0 cm³/mol. The first-order valence-corrected chi connectivity index (χ1v) is 6.75. The largest absolute Gasteiger partial charge is 0.416 e. The van der Waals surface area contributed by atoms with Crippen molar-refractivity contribution in [3.05, 3.63) is 56.8 Å². The zero-order chi connectivity index (χ0) is 17.6. The zero-order valence-corrected chi connectivity index (χ0v) is 12.3. The minimum Gasteiger partial charge on any atom is -0.368 e. The molecule has 126 valence electrons. The van der Waals surface area contributed by atoms with Crippen LogP contribution in [0.15, 0.2) is 23.0 Å². The molecule has 0 saturated carbocycles. The van der Waals surface area contributed by atoms with Gasteiger partial charge < -0.3 is 5.73 Å². The summed E-state index contributed by atoms with van der Waals surface area (Å²) in [5.41, 5.74) is 4.20. The van der Waals surface area contributed by atoms with Crippen LogP contribution < -0.4 is 11.3 Å². The number of fused-ring (bicyclic) bond motifs is 1. The van der Waals surface area contributed by atoms with E-state index in [1.54, 1.807) is 0 Å². The zero-order valence-electron chi connectivity index (χ0n) is 12.3. The fourth-order valence-corrected chi connectivity index (χ4v) is 2.39. The second-order valence-electron chi connectivity index (χ2n) is 5.25. The molecule has 2 heterocycles. The fourth-order valence-electron chi connectivity index (χ4n) is 2.39. The van der Waals surface area contributed by atoms with Crippen LogP contribution in [0.5, 0.6) is 0 Å². The van der Waals surface area contributed by atoms with Crippen molar-refractivity contribution < 1.29 is 17.6 Å². The number of anilines is 1. The third-order valence-electron chi connectivity index (χ3n) is 3.48. The third-order valence-corrected chi connectivity index (χ3v) is 3.48. The third kappa shape index (κ3) is 2.82. The fraction of sp³-hybridized carbons (Fsp3) is 0.214. The molecule has 3 aromatic rings. The summed E-state index contributed by atoms with van der Waals surface area (Å²) in [7, 11) is 0. The van der Waals surface area contributed by atoms with Crippen LogP contribution in [0.3, 0.4) is 0 Å². The molecule has 10 heteroatoms. The van der Waals surface area contributed by atoms with Crippen LogP contribution in [0.2, 0.25) is 0 Å². The highest BCUT2D eigenvalue weighted by molar-refractivity contribution is 5.39. The van der Waals surface area contributed by atoms with Crippen molar-refractivity contribution in [2.75, 3.05) is 5.73 Å². The summed E-state index contributed by atoms with van der Waals surface area (Å²) in [4.78, 5) is 20.3. The summed E-state index contributed by atoms with van der Waals surface area (Å²) >= 11 is 0. The lowest BCUT2D eigenvalue weighted by atomic mass is 10.0. The van der Waals surface area contributed by atoms with E-state index in [-0.39, 0.29) is 35.0 Å². The van der Waals surface area contributed by atoms with Crippen LogP contribution in [-0.4, -0.2) is 19.6 Å². The van der Waals surface area contributed by atoms with Crippen LogP contribution in [-0.2, 0) is 12.6 Å². The van der Waals surface area contributed by atoms with Gasteiger partial charge in [-0.1, -0.05) is 0 Å². The SMILES string of the molecule is Cc1nc2nc(N)[nH]n2c(=O)c1Cc1cc(F)cc(C(F)(F)F)c1. The lowest BCUT2D eigenvalue weighted by Crippen LogP contribution is -2.22. The standard InChI is InChI=1S/C14H11F4N5O/c1-6-10(11(24)23-13(20-6)21-12(19)22-23)4-7-2-8(14(16,17)18)5-9(15)3-7/h2-3,5H,4H2,1H3,(H3,19,20,21,22). The number of hydrogen-bond donors (Lipinski definition) is 2. The van der Waals surface area contributed by atoms with Crippen LogP contribution in [0, 0.1) is 12.7 Å². The van der Waals surface area contributed by atoms with Crippen molar-refractivity contribution in [2.45, 2.75) is 19.5 Å². The van der Waals surface area contributed by atoms with E-state index in [1.165, 1.54) is 6.92 Å². The van der Waals surface area contributed by atoms with E-state index < -0.39 is 23.1 Å². The van der Waals surface area contributed by atoms with Gasteiger partial charge >= 0.3 is 6.18 Å². The number of nitrogens with one attached hydrogen (secondary N) is 1. The molecule has 6 nitrogen and oxygen atoms in total. The van der Waals surface area contributed by atoms with Gasteiger partial charge in [-0.2, -0.15) is 22.7 Å². The second-order valence-corrected chi connectivity index (χ2v) is 5.25. The number of rotatable bonds is 2. The first-order chi connectivity index (χ1) is 11.1. The number of aromatic nitrogens is 4. The van der Waals surface area contributed by atoms with E-state index in [0.29, 0.717) is 6.07 Å². The Kier molecular flexibility index (Phi) is 3.54. The van der Waals surface area contributed by atoms with Crippen molar-refractivity contribution in [3.63, 3.8) is 0 Å². The molecule has 0 fully saturated rings. The first kappa shape index (κ1) is 16.0. The maximum atomic E-state index is 13.5. The number of hydrogen-bond acceptors (Lipinski definition) is 4. The molecule has 0 amide bonds. The Hall–Kier alpha value is -2.91. The highest BCUT2D eigenvalue weighted by Gasteiger charge is 2.31. The van der Waals surface area contributed by atoms with Crippen molar-refractivity contribution in [2.24, 2.45) is 0 Å². The van der Waals surface area contributed by atoms with Crippen LogP contribution in [0.1, 0.15) is 22.4 Å². The second kappa shape index (κ2) is 5.32. The van der Waals surface area contributed by atoms with E-state index in [4.69, 9.17) is 5.73 Å². The highest BCUT2D eigenvalue weighted by atomic mass is 19.4. The molecule has 0 saturated heterocycles. The molecule has 0 aliphatic carbocycles. The monoisotopic (exact) mass is 341 g/mol. The Bertz CT molecular complexity index is 989. The molecular formula is C14H11F4N5O. The molecule has 0 atom stereocenters. The number of halogens is 4. The molecule has 0 bridgehead atoms. The number of H-pyrrole nitrogens is 1. The van der Waals surface area contributed by atoms with Gasteiger partial charge in [0.05, 0.1) is 11.3 Å². The summed E-state index contributed by atoms with van der Waals surface area (Å²) in [6.45, 7) is 1.52. The van der Waals surface area contributed by atoms with Crippen LogP contribution in [0.4, 0.5) is 23.5 Å². The lowest BCUT2D eigenvalue weighted by molar-refractivity contribution is -0.137. The summed E-state index contributed by atoms with van der Waals surface area (Å²) in [6, 6.07) is 2.16. The minimum absolute atomic E-state index is 0.0109. The molecule has 0 unspecified atom stereocenters. The number of aryl methyl sites for hydroxylation is 1. The van der Waals surface area contributed by atoms with Gasteiger partial charge in [0.15, 0.2) is 0 Å². The minimum atomic E-state index is -4.68. The predicted octanol–water partition coefficient (Wildman–Crippen LogP) is 2.06. The Morgan fingerprint density at radius 2 is 1.96 bits per heavy atom. The average molecular weight is 341 g/mol. The van der Waals surface area contributed by atoms with E-state index >= 15 is 0 Å². The van der Waals surface area contributed by atoms with Crippen molar-refractivity contribution in [1.82, 2.24) is 19.6 Å². The first-order valence-electron chi connectivity index (χ1n) is 6.75. The molecule has 0 aliphatic heterocycles. The summed E-state index contributed by atoms with van der Waals surface area (Å²) in [5.74, 6) is -1.01. The smallest absolute Gasteiger partial charge is 0.368 e. The van der Waals surface area contributed by atoms with E-state index in [0.717, 1.165) is 16.6 Å². The number of nitrogen functional groups attached to an aromatic ring is 1. The van der Waals surface area contributed by atoms with Crippen LogP contribution in [0.25, 0.3) is 5.78 Å². The van der Waals surface area contributed by atoms with Gasteiger partial charge in [0.25, 0.3) is 11.3 Å². The average Bonchev–Trinajstić information content (AvgIpc) is 2.82. The molecular weight excluding hydrogens is 330 g/mol. The highest BCUT2D eigenvalue weighted by Crippen LogP contribution is 2.30. The van der Waals surface area contributed by atoms with Gasteiger partial charge in [-0.3, -0.25) is 9.89 Å². The van der Waals surface area contributed by atoms with Gasteiger partial charge in [0.1, 0.15) is 5.82 Å². The molecule has 0 aliphatic rings. The molecule has 3 N–H and O–H groups in total. The quantitative estimate of drug-likeness (QED) is 0.698. The Balaban J connectivity index is 2.10. The summed E-state index contributed by atoms with van der Waals surface area (Å²) in [5, 5.41) is 2.48. The Morgan fingerprint density at radius 1 is 1.25 bits per heavy atom. The Labute approximate surface area is 131 Å². The molecule has 0 spiro atoms. The number of alkyl halides is 3. The maximum absolute atomic E-state index is 13.5. The molecule has 24 heavy (non-hydrogen) atoms. The molecule has 3 rings (SSSR count). The van der Waals surface area contributed by atoms with Gasteiger partial charge in [-0.05, 0) is 30.7 Å². The van der Waals surface area contributed by atoms with Gasteiger partial charge in [0.2, 0.25) is 5.95 Å². The van der Waals surface area contributed by atoms with Crippen molar-refractivity contribution >= 4 is 11.7 Å². The summed E-state index contributed by atoms with van der Waals surface area (Å²) < 4.78 is 52.8. The molecule has 1 aromatic carbocycles. The van der Waals surface area contributed by atoms with E-state index in [9.17, 15) is 22.4 Å². The number of nitrogens with zero attached hydrogens (tertiary/aromatic N) is 3. The van der Waals surface area contributed by atoms with Crippen molar-refractivity contribution in [3.8, 4) is 0 Å². The number of nitrogens with two attached hydrogens (primary N) is 1. The molecule has 2 aromatic heterocycles. The number of benzene rings is 1. The summed E-state index contributed by atoms with van der Waals surface area (Å²) in [6.07, 6.45) is -4.89. The van der Waals surface area contributed by atoms with Gasteiger partial charge in [-0.15, -0.1) is 0 Å². The maximum Gasteiger partial charge on any atom is 0.416 e.